The summed E-state index contributed by atoms with van der Waals surface area (Å²) in [4.78, 5) is 12.6. The normalized spacial score (nSPS) is 19.6. The highest BCUT2D eigenvalue weighted by Crippen LogP contribution is 2.34. The lowest BCUT2D eigenvalue weighted by Crippen LogP contribution is -2.21. The van der Waals surface area contributed by atoms with Gasteiger partial charge in [-0.25, -0.2) is 0 Å². The van der Waals surface area contributed by atoms with Crippen LogP contribution >= 0.6 is 0 Å². The van der Waals surface area contributed by atoms with Gasteiger partial charge in [-0.15, -0.1) is 0 Å². The topological polar surface area (TPSA) is 40.9 Å². The van der Waals surface area contributed by atoms with E-state index < -0.39 is 11.8 Å². The quantitative estimate of drug-likeness (QED) is 0.792. The Morgan fingerprint density at radius 3 is 2.55 bits per heavy atom. The standard InChI is InChI=1S/C20H15NO/c21-14-17-12-11-16-8-4-5-9-18(16)20(17)19(22)13-10-15-6-2-1-3-7-15/h1-13,17,20H/b13-10+/t17-,20+/m1/s1. The summed E-state index contributed by atoms with van der Waals surface area (Å²) in [5, 5.41) is 9.34. The molecule has 2 nitrogen and oxygen atoms in total. The van der Waals surface area contributed by atoms with E-state index in [2.05, 4.69) is 6.07 Å². The van der Waals surface area contributed by atoms with Crippen LogP contribution in [0.4, 0.5) is 0 Å². The fraction of sp³-hybridized carbons (Fsp3) is 0.100. The molecule has 2 aromatic rings. The van der Waals surface area contributed by atoms with Gasteiger partial charge in [-0.3, -0.25) is 4.79 Å². The number of nitrogens with zero attached hydrogens (tertiary/aromatic N) is 1. The number of hydrogen-bond donors (Lipinski definition) is 0. The van der Waals surface area contributed by atoms with Gasteiger partial charge in [0.05, 0.1) is 17.9 Å². The molecule has 3 rings (SSSR count). The molecule has 1 aliphatic rings. The molecule has 0 unspecified atom stereocenters. The van der Waals surface area contributed by atoms with Gasteiger partial charge < -0.3 is 0 Å². The third-order valence-corrected chi connectivity index (χ3v) is 3.87. The maximum Gasteiger partial charge on any atom is 0.164 e. The molecular weight excluding hydrogens is 270 g/mol. The van der Waals surface area contributed by atoms with Crippen molar-refractivity contribution in [2.75, 3.05) is 0 Å². The highest BCUT2D eigenvalue weighted by molar-refractivity contribution is 6.00. The van der Waals surface area contributed by atoms with Crippen molar-refractivity contribution in [1.82, 2.24) is 0 Å². The summed E-state index contributed by atoms with van der Waals surface area (Å²) in [6.45, 7) is 0. The first-order chi connectivity index (χ1) is 10.8. The summed E-state index contributed by atoms with van der Waals surface area (Å²) < 4.78 is 0. The van der Waals surface area contributed by atoms with E-state index in [1.54, 1.807) is 12.2 Å². The van der Waals surface area contributed by atoms with E-state index in [0.717, 1.165) is 16.7 Å². The minimum atomic E-state index is -0.425. The zero-order valence-electron chi connectivity index (χ0n) is 12.0. The van der Waals surface area contributed by atoms with Gasteiger partial charge in [-0.05, 0) is 22.8 Å². The molecule has 2 aromatic carbocycles. The average molecular weight is 285 g/mol. The number of fused-ring (bicyclic) bond motifs is 1. The molecular formula is C20H15NO. The van der Waals surface area contributed by atoms with E-state index in [9.17, 15) is 10.1 Å². The Balaban J connectivity index is 1.92. The lowest BCUT2D eigenvalue weighted by molar-refractivity contribution is -0.116. The van der Waals surface area contributed by atoms with Crippen LogP contribution in [0.1, 0.15) is 22.6 Å². The fourth-order valence-electron chi connectivity index (χ4n) is 2.75. The molecule has 2 heteroatoms. The van der Waals surface area contributed by atoms with Crippen LogP contribution in [0.3, 0.4) is 0 Å². The van der Waals surface area contributed by atoms with Crippen LogP contribution in [0, 0.1) is 17.2 Å². The van der Waals surface area contributed by atoms with Crippen molar-refractivity contribution in [2.24, 2.45) is 5.92 Å². The highest BCUT2D eigenvalue weighted by atomic mass is 16.1. The molecule has 106 valence electrons. The average Bonchev–Trinajstić information content (AvgIpc) is 2.59. The smallest absolute Gasteiger partial charge is 0.164 e. The van der Waals surface area contributed by atoms with Crippen molar-refractivity contribution in [3.8, 4) is 6.07 Å². The first kappa shape index (κ1) is 14.0. The molecule has 0 spiro atoms. The number of benzene rings is 2. The van der Waals surface area contributed by atoms with Crippen LogP contribution < -0.4 is 0 Å². The van der Waals surface area contributed by atoms with Crippen molar-refractivity contribution in [1.29, 1.82) is 5.26 Å². The van der Waals surface area contributed by atoms with Crippen molar-refractivity contribution >= 4 is 17.9 Å². The van der Waals surface area contributed by atoms with Crippen LogP contribution in [0.2, 0.25) is 0 Å². The molecule has 1 aliphatic carbocycles. The molecule has 0 saturated heterocycles. The maximum atomic E-state index is 12.6. The van der Waals surface area contributed by atoms with Crippen LogP contribution in [-0.2, 0) is 4.79 Å². The van der Waals surface area contributed by atoms with Crippen LogP contribution in [0.15, 0.2) is 66.7 Å². The molecule has 2 atom stereocenters. The third-order valence-electron chi connectivity index (χ3n) is 3.87. The molecule has 0 aliphatic heterocycles. The zero-order valence-corrected chi connectivity index (χ0v) is 12.0. The van der Waals surface area contributed by atoms with Gasteiger partial charge in [0, 0.05) is 0 Å². The lowest BCUT2D eigenvalue weighted by Gasteiger charge is -2.23. The molecule has 0 radical (unpaired) electrons. The number of hydrogen-bond acceptors (Lipinski definition) is 2. The van der Waals surface area contributed by atoms with Crippen LogP contribution in [0.25, 0.3) is 12.2 Å². The van der Waals surface area contributed by atoms with E-state index in [1.165, 1.54) is 0 Å². The van der Waals surface area contributed by atoms with Gasteiger partial charge in [0.25, 0.3) is 0 Å². The van der Waals surface area contributed by atoms with Gasteiger partial charge >= 0.3 is 0 Å². The summed E-state index contributed by atoms with van der Waals surface area (Å²) in [5.74, 6) is -0.874. The predicted molar refractivity (Wildman–Crippen MR) is 87.8 cm³/mol. The van der Waals surface area contributed by atoms with Gasteiger partial charge in [-0.1, -0.05) is 72.8 Å². The Kier molecular flexibility index (Phi) is 3.98. The summed E-state index contributed by atoms with van der Waals surface area (Å²) in [6.07, 6.45) is 7.13. The monoisotopic (exact) mass is 285 g/mol. The second-order valence-corrected chi connectivity index (χ2v) is 5.27. The first-order valence-electron chi connectivity index (χ1n) is 7.23. The van der Waals surface area contributed by atoms with Crippen LogP contribution in [0.5, 0.6) is 0 Å². The molecule has 0 aromatic heterocycles. The van der Waals surface area contributed by atoms with E-state index in [4.69, 9.17) is 0 Å². The number of nitriles is 1. The molecule has 22 heavy (non-hydrogen) atoms. The molecule has 0 N–H and O–H groups in total. The molecule has 0 bridgehead atoms. The SMILES string of the molecule is N#C[C@H]1C=Cc2ccccc2[C@H]1C(=O)/C=C/c1ccccc1. The van der Waals surface area contributed by atoms with Crippen LogP contribution in [-0.4, -0.2) is 5.78 Å². The second kappa shape index (κ2) is 6.24. The van der Waals surface area contributed by atoms with E-state index in [1.807, 2.05) is 66.7 Å². The number of ketones is 1. The van der Waals surface area contributed by atoms with Crippen molar-refractivity contribution < 1.29 is 4.79 Å². The molecule has 0 saturated carbocycles. The third kappa shape index (κ3) is 2.75. The van der Waals surface area contributed by atoms with Gasteiger partial charge in [-0.2, -0.15) is 5.26 Å². The fourth-order valence-corrected chi connectivity index (χ4v) is 2.75. The number of allylic oxidation sites excluding steroid dienone is 2. The van der Waals surface area contributed by atoms with Crippen molar-refractivity contribution in [3.63, 3.8) is 0 Å². The Morgan fingerprint density at radius 2 is 1.77 bits per heavy atom. The molecule has 0 heterocycles. The summed E-state index contributed by atoms with van der Waals surface area (Å²) >= 11 is 0. The number of carbonyl (C=O) groups excluding carboxylic acids is 1. The minimum absolute atomic E-state index is 0.0350. The number of carbonyl (C=O) groups is 1. The molecule has 0 amide bonds. The lowest BCUT2D eigenvalue weighted by atomic mass is 9.77. The Labute approximate surface area is 130 Å². The number of rotatable bonds is 3. The van der Waals surface area contributed by atoms with Gasteiger partial charge in [0.1, 0.15) is 0 Å². The van der Waals surface area contributed by atoms with E-state index in [0.29, 0.717) is 0 Å². The highest BCUT2D eigenvalue weighted by Gasteiger charge is 2.30. The Hall–Kier alpha value is -2.92. The van der Waals surface area contributed by atoms with Crippen molar-refractivity contribution in [3.05, 3.63) is 83.4 Å². The van der Waals surface area contributed by atoms with Gasteiger partial charge in [0.2, 0.25) is 0 Å². The zero-order chi connectivity index (χ0) is 15.4. The minimum Gasteiger partial charge on any atom is -0.294 e. The molecule has 0 fully saturated rings. The summed E-state index contributed by atoms with van der Waals surface area (Å²) in [7, 11) is 0. The Morgan fingerprint density at radius 1 is 1.05 bits per heavy atom. The van der Waals surface area contributed by atoms with Gasteiger partial charge in [0.15, 0.2) is 5.78 Å². The maximum absolute atomic E-state index is 12.6. The second-order valence-electron chi connectivity index (χ2n) is 5.27. The summed E-state index contributed by atoms with van der Waals surface area (Å²) in [5.41, 5.74) is 2.92. The first-order valence-corrected chi connectivity index (χ1v) is 7.23. The predicted octanol–water partition coefficient (Wildman–Crippen LogP) is 4.22. The van der Waals surface area contributed by atoms with Crippen molar-refractivity contribution in [2.45, 2.75) is 5.92 Å². The Bertz CT molecular complexity index is 781. The largest absolute Gasteiger partial charge is 0.294 e. The van der Waals surface area contributed by atoms with E-state index in [-0.39, 0.29) is 5.78 Å². The summed E-state index contributed by atoms with van der Waals surface area (Å²) in [6, 6.07) is 19.7. The van der Waals surface area contributed by atoms with E-state index >= 15 is 0 Å².